The van der Waals surface area contributed by atoms with Crippen molar-refractivity contribution >= 4 is 32.5 Å². The Labute approximate surface area is 117 Å². The van der Waals surface area contributed by atoms with Gasteiger partial charge in [-0.25, -0.2) is 0 Å². The van der Waals surface area contributed by atoms with Gasteiger partial charge in [-0.2, -0.15) is 0 Å². The van der Waals surface area contributed by atoms with Crippen molar-refractivity contribution in [1.29, 1.82) is 0 Å². The number of hydrogen-bond acceptors (Lipinski definition) is 2. The molecule has 0 unspecified atom stereocenters. The predicted octanol–water partition coefficient (Wildman–Crippen LogP) is 3.44. The monoisotopic (exact) mass is 322 g/mol. The maximum Gasteiger partial charge on any atom is 0.175 e. The van der Waals surface area contributed by atoms with Crippen LogP contribution in [0.2, 0.25) is 0 Å². The second kappa shape index (κ2) is 6.07. The molecule has 0 N–H and O–H groups in total. The van der Waals surface area contributed by atoms with Crippen LogP contribution in [0, 0.1) is 0 Å². The van der Waals surface area contributed by atoms with Crippen molar-refractivity contribution < 1.29 is 9.00 Å². The highest BCUT2D eigenvalue weighted by molar-refractivity contribution is 9.10. The SMILES string of the molecule is O=C(C[S@@](=O)c1ccc(Br)cc1)c1ccccc1. The van der Waals surface area contributed by atoms with Crippen molar-refractivity contribution in [3.8, 4) is 0 Å². The molecule has 2 aromatic carbocycles. The smallest absolute Gasteiger partial charge is 0.175 e. The highest BCUT2D eigenvalue weighted by Gasteiger charge is 2.11. The molecule has 1 atom stereocenters. The van der Waals surface area contributed by atoms with E-state index in [1.807, 2.05) is 18.2 Å². The summed E-state index contributed by atoms with van der Waals surface area (Å²) in [5.41, 5.74) is 0.600. The molecule has 4 heteroatoms. The van der Waals surface area contributed by atoms with Crippen LogP contribution in [0.1, 0.15) is 10.4 Å². The maximum absolute atomic E-state index is 12.0. The molecule has 18 heavy (non-hydrogen) atoms. The lowest BCUT2D eigenvalue weighted by Crippen LogP contribution is -2.10. The van der Waals surface area contributed by atoms with Crippen LogP contribution in [0.3, 0.4) is 0 Å². The van der Waals surface area contributed by atoms with Crippen LogP contribution in [-0.4, -0.2) is 15.7 Å². The van der Waals surface area contributed by atoms with Gasteiger partial charge in [0.1, 0.15) is 0 Å². The fraction of sp³-hybridized carbons (Fsp3) is 0.0714. The molecule has 0 spiro atoms. The lowest BCUT2D eigenvalue weighted by molar-refractivity contribution is 0.102. The third-order valence-electron chi connectivity index (χ3n) is 2.43. The van der Waals surface area contributed by atoms with Crippen molar-refractivity contribution in [3.05, 3.63) is 64.6 Å². The maximum atomic E-state index is 12.0. The van der Waals surface area contributed by atoms with Crippen molar-refractivity contribution in [2.75, 3.05) is 5.75 Å². The average molecular weight is 323 g/mol. The molecule has 2 rings (SSSR count). The molecule has 0 aromatic heterocycles. The van der Waals surface area contributed by atoms with E-state index in [1.54, 1.807) is 36.4 Å². The minimum Gasteiger partial charge on any atom is -0.293 e. The lowest BCUT2D eigenvalue weighted by Gasteiger charge is -2.02. The highest BCUT2D eigenvalue weighted by atomic mass is 79.9. The van der Waals surface area contributed by atoms with Gasteiger partial charge in [0.05, 0.1) is 16.6 Å². The van der Waals surface area contributed by atoms with Gasteiger partial charge in [-0.3, -0.25) is 9.00 Å². The molecule has 92 valence electrons. The van der Waals surface area contributed by atoms with Crippen LogP contribution < -0.4 is 0 Å². The van der Waals surface area contributed by atoms with E-state index in [-0.39, 0.29) is 11.5 Å². The Morgan fingerprint density at radius 1 is 1.00 bits per heavy atom. The van der Waals surface area contributed by atoms with Crippen molar-refractivity contribution in [1.82, 2.24) is 0 Å². The summed E-state index contributed by atoms with van der Waals surface area (Å²) < 4.78 is 12.9. The molecule has 0 aliphatic carbocycles. The minimum absolute atomic E-state index is 0.0195. The molecular weight excluding hydrogens is 312 g/mol. The molecule has 0 saturated heterocycles. The van der Waals surface area contributed by atoms with Gasteiger partial charge < -0.3 is 0 Å². The number of carbonyl (C=O) groups is 1. The molecule has 0 radical (unpaired) electrons. The third-order valence-corrected chi connectivity index (χ3v) is 4.29. The lowest BCUT2D eigenvalue weighted by atomic mass is 10.2. The van der Waals surface area contributed by atoms with Crippen molar-refractivity contribution in [2.45, 2.75) is 4.90 Å². The Hall–Kier alpha value is -1.26. The van der Waals surface area contributed by atoms with Gasteiger partial charge in [-0.05, 0) is 24.3 Å². The van der Waals surface area contributed by atoms with Gasteiger partial charge >= 0.3 is 0 Å². The molecule has 0 heterocycles. The van der Waals surface area contributed by atoms with Crippen molar-refractivity contribution in [3.63, 3.8) is 0 Å². The summed E-state index contributed by atoms with van der Waals surface area (Å²) in [4.78, 5) is 12.6. The number of ketones is 1. The summed E-state index contributed by atoms with van der Waals surface area (Å²) in [5, 5.41) is 0. The quantitative estimate of drug-likeness (QED) is 0.808. The molecule has 0 amide bonds. The van der Waals surface area contributed by atoms with Gasteiger partial charge in [0.15, 0.2) is 5.78 Å². The molecular formula is C14H11BrO2S. The zero-order chi connectivity index (χ0) is 13.0. The predicted molar refractivity (Wildman–Crippen MR) is 76.2 cm³/mol. The van der Waals surface area contributed by atoms with Crippen LogP contribution in [0.25, 0.3) is 0 Å². The second-order valence-electron chi connectivity index (χ2n) is 3.73. The van der Waals surface area contributed by atoms with Gasteiger partial charge in [0.2, 0.25) is 0 Å². The topological polar surface area (TPSA) is 34.1 Å². The fourth-order valence-corrected chi connectivity index (χ4v) is 2.77. The van der Waals surface area contributed by atoms with E-state index in [2.05, 4.69) is 15.9 Å². The average Bonchev–Trinajstić information content (AvgIpc) is 2.40. The van der Waals surface area contributed by atoms with Crippen molar-refractivity contribution in [2.24, 2.45) is 0 Å². The number of hydrogen-bond donors (Lipinski definition) is 0. The first-order valence-corrected chi connectivity index (χ1v) is 7.50. The largest absolute Gasteiger partial charge is 0.293 e. The summed E-state index contributed by atoms with van der Waals surface area (Å²) in [7, 11) is -1.29. The number of rotatable bonds is 4. The molecule has 0 bridgehead atoms. The molecule has 2 nitrogen and oxygen atoms in total. The first-order valence-electron chi connectivity index (χ1n) is 5.39. The summed E-state index contributed by atoms with van der Waals surface area (Å²) in [5.74, 6) is -0.0806. The van der Waals surface area contributed by atoms with E-state index in [4.69, 9.17) is 0 Å². The summed E-state index contributed by atoms with van der Waals surface area (Å²) >= 11 is 3.32. The third kappa shape index (κ3) is 3.37. The molecule has 0 aliphatic heterocycles. The van der Waals surface area contributed by atoms with Crippen LogP contribution in [-0.2, 0) is 10.8 Å². The van der Waals surface area contributed by atoms with Crippen LogP contribution in [0.15, 0.2) is 64.0 Å². The zero-order valence-electron chi connectivity index (χ0n) is 9.51. The second-order valence-corrected chi connectivity index (χ2v) is 6.10. The Kier molecular flexibility index (Phi) is 4.44. The van der Waals surface area contributed by atoms with E-state index >= 15 is 0 Å². The van der Waals surface area contributed by atoms with Gasteiger partial charge in [0, 0.05) is 14.9 Å². The Morgan fingerprint density at radius 3 is 2.22 bits per heavy atom. The first kappa shape index (κ1) is 13.2. The summed E-state index contributed by atoms with van der Waals surface area (Å²) in [6.45, 7) is 0. The van der Waals surface area contributed by atoms with Crippen LogP contribution >= 0.6 is 15.9 Å². The van der Waals surface area contributed by atoms with Gasteiger partial charge in [-0.15, -0.1) is 0 Å². The minimum atomic E-state index is -1.29. The van der Waals surface area contributed by atoms with E-state index in [0.29, 0.717) is 10.5 Å². The summed E-state index contributed by atoms with van der Waals surface area (Å²) in [6.07, 6.45) is 0. The Morgan fingerprint density at radius 2 is 1.61 bits per heavy atom. The zero-order valence-corrected chi connectivity index (χ0v) is 11.9. The fourth-order valence-electron chi connectivity index (χ4n) is 1.50. The summed E-state index contributed by atoms with van der Waals surface area (Å²) in [6, 6.07) is 16.1. The Balaban J connectivity index is 2.08. The van der Waals surface area contributed by atoms with E-state index in [9.17, 15) is 9.00 Å². The number of carbonyl (C=O) groups excluding carboxylic acids is 1. The first-order chi connectivity index (χ1) is 8.66. The molecule has 2 aromatic rings. The molecule has 0 aliphatic rings. The number of Topliss-reactive ketones (excluding diaryl/α,β-unsaturated/α-hetero) is 1. The standard InChI is InChI=1S/C14H11BrO2S/c15-12-6-8-13(9-7-12)18(17)10-14(16)11-4-2-1-3-5-11/h1-9H,10H2/t18-/m1/s1. The van der Waals surface area contributed by atoms with Gasteiger partial charge in [0.25, 0.3) is 0 Å². The van der Waals surface area contributed by atoms with E-state index in [1.165, 1.54) is 0 Å². The number of halogens is 1. The molecule has 0 saturated carbocycles. The molecule has 0 fully saturated rings. The highest BCUT2D eigenvalue weighted by Crippen LogP contribution is 2.14. The van der Waals surface area contributed by atoms with Crippen LogP contribution in [0.5, 0.6) is 0 Å². The normalized spacial score (nSPS) is 12.1. The van der Waals surface area contributed by atoms with E-state index in [0.717, 1.165) is 4.47 Å². The Bertz CT molecular complexity index is 564. The van der Waals surface area contributed by atoms with Crippen LogP contribution in [0.4, 0.5) is 0 Å². The van der Waals surface area contributed by atoms with Gasteiger partial charge in [-0.1, -0.05) is 46.3 Å². The van der Waals surface area contributed by atoms with E-state index < -0.39 is 10.8 Å². The number of benzene rings is 2.